The van der Waals surface area contributed by atoms with Crippen LogP contribution >= 0.6 is 0 Å². The maximum atomic E-state index is 12.3. The van der Waals surface area contributed by atoms with Crippen molar-refractivity contribution in [3.05, 3.63) is 36.4 Å². The first-order chi connectivity index (χ1) is 11.1. The highest BCUT2D eigenvalue weighted by atomic mass is 16.5. The number of nitrogens with zero attached hydrogens (tertiary/aromatic N) is 1. The van der Waals surface area contributed by atoms with Crippen molar-refractivity contribution in [2.75, 3.05) is 19.7 Å². The molecular weight excluding hydrogens is 292 g/mol. The SMILES string of the molecule is C=Cc1ccccc1OCC(=O)N[C@H](C)C(=O)N1CCCCC1. The van der Waals surface area contributed by atoms with Crippen LogP contribution in [0.4, 0.5) is 0 Å². The van der Waals surface area contributed by atoms with Crippen molar-refractivity contribution in [1.82, 2.24) is 10.2 Å². The van der Waals surface area contributed by atoms with Gasteiger partial charge in [0.1, 0.15) is 11.8 Å². The molecule has 1 aromatic carbocycles. The van der Waals surface area contributed by atoms with Crippen LogP contribution in [-0.4, -0.2) is 42.5 Å². The van der Waals surface area contributed by atoms with Crippen LogP contribution in [0.25, 0.3) is 6.08 Å². The number of benzene rings is 1. The van der Waals surface area contributed by atoms with E-state index in [9.17, 15) is 9.59 Å². The summed E-state index contributed by atoms with van der Waals surface area (Å²) in [6.45, 7) is 6.86. The average molecular weight is 316 g/mol. The third kappa shape index (κ3) is 4.84. The number of carbonyl (C=O) groups is 2. The molecule has 0 bridgehead atoms. The fraction of sp³-hybridized carbons (Fsp3) is 0.444. The van der Waals surface area contributed by atoms with Crippen LogP contribution in [0.15, 0.2) is 30.8 Å². The minimum absolute atomic E-state index is 0.0236. The average Bonchev–Trinajstić information content (AvgIpc) is 2.60. The standard InChI is InChI=1S/C18H24N2O3/c1-3-15-9-5-6-10-16(15)23-13-17(21)19-14(2)18(22)20-11-7-4-8-12-20/h3,5-6,9-10,14H,1,4,7-8,11-13H2,2H3,(H,19,21)/t14-/m1/s1. The number of nitrogens with one attached hydrogen (secondary N) is 1. The number of piperidine rings is 1. The van der Waals surface area contributed by atoms with Crippen molar-refractivity contribution in [2.45, 2.75) is 32.2 Å². The Balaban J connectivity index is 1.81. The van der Waals surface area contributed by atoms with Gasteiger partial charge in [0, 0.05) is 18.7 Å². The van der Waals surface area contributed by atoms with Gasteiger partial charge in [-0.15, -0.1) is 0 Å². The number of para-hydroxylation sites is 1. The molecule has 2 rings (SSSR count). The van der Waals surface area contributed by atoms with Crippen molar-refractivity contribution in [3.63, 3.8) is 0 Å². The predicted molar refractivity (Wildman–Crippen MR) is 90.1 cm³/mol. The van der Waals surface area contributed by atoms with Crippen molar-refractivity contribution in [1.29, 1.82) is 0 Å². The highest BCUT2D eigenvalue weighted by Gasteiger charge is 2.23. The molecule has 1 atom stereocenters. The second-order valence-electron chi connectivity index (χ2n) is 5.71. The van der Waals surface area contributed by atoms with Gasteiger partial charge in [-0.25, -0.2) is 0 Å². The van der Waals surface area contributed by atoms with E-state index in [0.29, 0.717) is 5.75 Å². The Morgan fingerprint density at radius 2 is 2.00 bits per heavy atom. The van der Waals surface area contributed by atoms with Crippen molar-refractivity contribution in [2.24, 2.45) is 0 Å². The molecule has 0 saturated carbocycles. The molecule has 1 fully saturated rings. The van der Waals surface area contributed by atoms with Crippen molar-refractivity contribution < 1.29 is 14.3 Å². The van der Waals surface area contributed by atoms with Gasteiger partial charge < -0.3 is 15.0 Å². The summed E-state index contributed by atoms with van der Waals surface area (Å²) in [4.78, 5) is 26.1. The zero-order chi connectivity index (χ0) is 16.7. The largest absolute Gasteiger partial charge is 0.483 e. The van der Waals surface area contributed by atoms with E-state index in [2.05, 4.69) is 11.9 Å². The fourth-order valence-corrected chi connectivity index (χ4v) is 2.66. The fourth-order valence-electron chi connectivity index (χ4n) is 2.66. The monoisotopic (exact) mass is 316 g/mol. The third-order valence-electron chi connectivity index (χ3n) is 3.91. The van der Waals surface area contributed by atoms with Gasteiger partial charge in [0.05, 0.1) is 0 Å². The number of rotatable bonds is 6. The Morgan fingerprint density at radius 1 is 1.30 bits per heavy atom. The highest BCUT2D eigenvalue weighted by molar-refractivity contribution is 5.87. The molecule has 1 heterocycles. The van der Waals surface area contributed by atoms with Gasteiger partial charge in [-0.2, -0.15) is 0 Å². The van der Waals surface area contributed by atoms with Crippen molar-refractivity contribution >= 4 is 17.9 Å². The van der Waals surface area contributed by atoms with E-state index in [1.54, 1.807) is 19.1 Å². The molecular formula is C18H24N2O3. The molecule has 0 unspecified atom stereocenters. The zero-order valence-corrected chi connectivity index (χ0v) is 13.6. The molecule has 124 valence electrons. The normalized spacial score (nSPS) is 15.6. The first kappa shape index (κ1) is 17.1. The molecule has 23 heavy (non-hydrogen) atoms. The molecule has 0 aromatic heterocycles. The Labute approximate surface area is 137 Å². The second kappa shape index (κ2) is 8.36. The number of ether oxygens (including phenoxy) is 1. The third-order valence-corrected chi connectivity index (χ3v) is 3.91. The molecule has 1 aromatic rings. The van der Waals surface area contributed by atoms with E-state index < -0.39 is 6.04 Å². The van der Waals surface area contributed by atoms with Crippen LogP contribution in [-0.2, 0) is 9.59 Å². The summed E-state index contributed by atoms with van der Waals surface area (Å²) >= 11 is 0. The summed E-state index contributed by atoms with van der Waals surface area (Å²) in [5.74, 6) is 0.277. The molecule has 1 saturated heterocycles. The number of amides is 2. The number of hydrogen-bond donors (Lipinski definition) is 1. The molecule has 1 N–H and O–H groups in total. The van der Waals surface area contributed by atoms with Gasteiger partial charge in [0.15, 0.2) is 6.61 Å². The number of hydrogen-bond acceptors (Lipinski definition) is 3. The van der Waals surface area contributed by atoms with Gasteiger partial charge in [0.2, 0.25) is 5.91 Å². The number of carbonyl (C=O) groups excluding carboxylic acids is 2. The van der Waals surface area contributed by atoms with Gasteiger partial charge >= 0.3 is 0 Å². The topological polar surface area (TPSA) is 58.6 Å². The summed E-state index contributed by atoms with van der Waals surface area (Å²) in [6, 6.07) is 6.83. The maximum Gasteiger partial charge on any atom is 0.258 e. The smallest absolute Gasteiger partial charge is 0.258 e. The van der Waals surface area contributed by atoms with Gasteiger partial charge in [-0.1, -0.05) is 30.9 Å². The Morgan fingerprint density at radius 3 is 2.70 bits per heavy atom. The van der Waals surface area contributed by atoms with E-state index in [1.165, 1.54) is 6.42 Å². The molecule has 0 radical (unpaired) electrons. The van der Waals surface area contributed by atoms with E-state index in [0.717, 1.165) is 31.5 Å². The van der Waals surface area contributed by atoms with E-state index >= 15 is 0 Å². The van der Waals surface area contributed by atoms with Crippen LogP contribution in [0, 0.1) is 0 Å². The summed E-state index contributed by atoms with van der Waals surface area (Å²) in [6.07, 6.45) is 4.92. The molecule has 0 spiro atoms. The molecule has 0 aliphatic carbocycles. The second-order valence-corrected chi connectivity index (χ2v) is 5.71. The van der Waals surface area contributed by atoms with Gasteiger partial charge in [0.25, 0.3) is 5.91 Å². The highest BCUT2D eigenvalue weighted by Crippen LogP contribution is 2.18. The quantitative estimate of drug-likeness (QED) is 0.875. The molecule has 2 amide bonds. The number of likely N-dealkylation sites (tertiary alicyclic amines) is 1. The van der Waals surface area contributed by atoms with Crippen LogP contribution in [0.2, 0.25) is 0 Å². The Bertz CT molecular complexity index is 565. The molecule has 1 aliphatic heterocycles. The molecule has 5 heteroatoms. The summed E-state index contributed by atoms with van der Waals surface area (Å²) < 4.78 is 5.51. The van der Waals surface area contributed by atoms with Gasteiger partial charge in [-0.05, 0) is 32.3 Å². The van der Waals surface area contributed by atoms with Crippen LogP contribution in [0.3, 0.4) is 0 Å². The van der Waals surface area contributed by atoms with Crippen LogP contribution < -0.4 is 10.1 Å². The van der Waals surface area contributed by atoms with Crippen molar-refractivity contribution in [3.8, 4) is 5.75 Å². The van der Waals surface area contributed by atoms with Crippen LogP contribution in [0.1, 0.15) is 31.7 Å². The lowest BCUT2D eigenvalue weighted by atomic mass is 10.1. The molecule has 5 nitrogen and oxygen atoms in total. The molecule has 1 aliphatic rings. The summed E-state index contributed by atoms with van der Waals surface area (Å²) in [5, 5.41) is 2.70. The first-order valence-electron chi connectivity index (χ1n) is 8.04. The van der Waals surface area contributed by atoms with Gasteiger partial charge in [-0.3, -0.25) is 9.59 Å². The zero-order valence-electron chi connectivity index (χ0n) is 13.6. The Kier molecular flexibility index (Phi) is 6.20. The minimum atomic E-state index is -0.529. The van der Waals surface area contributed by atoms with E-state index in [1.807, 2.05) is 23.1 Å². The maximum absolute atomic E-state index is 12.3. The Hall–Kier alpha value is -2.30. The summed E-state index contributed by atoms with van der Waals surface area (Å²) in [7, 11) is 0. The van der Waals surface area contributed by atoms with E-state index in [-0.39, 0.29) is 18.4 Å². The lowest BCUT2D eigenvalue weighted by molar-refractivity contribution is -0.137. The first-order valence-corrected chi connectivity index (χ1v) is 8.04. The minimum Gasteiger partial charge on any atom is -0.483 e. The van der Waals surface area contributed by atoms with E-state index in [4.69, 9.17) is 4.74 Å². The predicted octanol–water partition coefficient (Wildman–Crippen LogP) is 2.23. The lowest BCUT2D eigenvalue weighted by Gasteiger charge is -2.29. The van der Waals surface area contributed by atoms with Crippen LogP contribution in [0.5, 0.6) is 5.75 Å². The lowest BCUT2D eigenvalue weighted by Crippen LogP contribution is -2.49. The summed E-state index contributed by atoms with van der Waals surface area (Å²) in [5.41, 5.74) is 0.831.